The van der Waals surface area contributed by atoms with E-state index in [0.717, 1.165) is 5.66 Å². The van der Waals surface area contributed by atoms with Gasteiger partial charge in [-0.3, -0.25) is 0 Å². The van der Waals surface area contributed by atoms with Crippen LogP contribution in [0.1, 0.15) is 49.8 Å². The summed E-state index contributed by atoms with van der Waals surface area (Å²) in [5.74, 6) is 0.637. The summed E-state index contributed by atoms with van der Waals surface area (Å²) in [6, 6.07) is 6.98. The Labute approximate surface area is 164 Å². The molecule has 1 nitrogen and oxygen atoms in total. The molecule has 0 N–H and O–H groups in total. The largest absolute Gasteiger partial charge is 0.462 e. The lowest BCUT2D eigenvalue weighted by molar-refractivity contribution is 0.218. The molecule has 0 radical (unpaired) electrons. The van der Waals surface area contributed by atoms with Gasteiger partial charge in [-0.1, -0.05) is 42.5 Å². The molecule has 0 aromatic heterocycles. The zero-order valence-electron chi connectivity index (χ0n) is 17.1. The van der Waals surface area contributed by atoms with Crippen LogP contribution in [0.4, 0.5) is 0 Å². The van der Waals surface area contributed by atoms with Crippen molar-refractivity contribution in [3.05, 3.63) is 71.3 Å². The lowest BCUT2D eigenvalue weighted by Crippen LogP contribution is -2.49. The Balaban J connectivity index is 1.65. The van der Waals surface area contributed by atoms with Crippen LogP contribution in [0.5, 0.6) is 0 Å². The van der Waals surface area contributed by atoms with Gasteiger partial charge in [0.25, 0.3) is 0 Å². The Morgan fingerprint density at radius 1 is 1.37 bits per heavy atom. The van der Waals surface area contributed by atoms with Gasteiger partial charge in [0.15, 0.2) is 0 Å². The molecule has 142 valence electrons. The Kier molecular flexibility index (Phi) is 3.68. The van der Waals surface area contributed by atoms with Gasteiger partial charge in [0.2, 0.25) is 5.50 Å². The average Bonchev–Trinajstić information content (AvgIpc) is 2.95. The van der Waals surface area contributed by atoms with Crippen molar-refractivity contribution in [3.63, 3.8) is 0 Å². The number of rotatable bonds is 4. The second kappa shape index (κ2) is 5.60. The van der Waals surface area contributed by atoms with Crippen molar-refractivity contribution in [1.82, 2.24) is 0 Å². The zero-order valence-corrected chi connectivity index (χ0v) is 17.9. The van der Waals surface area contributed by atoms with E-state index < -0.39 is 7.26 Å². The van der Waals surface area contributed by atoms with Crippen molar-refractivity contribution < 1.29 is 4.74 Å². The molecule has 1 aromatic carbocycles. The summed E-state index contributed by atoms with van der Waals surface area (Å²) in [4.78, 5) is 0. The summed E-state index contributed by atoms with van der Waals surface area (Å²) in [6.45, 7) is 16.7. The molecule has 3 fully saturated rings. The number of hydrogen-bond acceptors (Lipinski definition) is 1. The topological polar surface area (TPSA) is 9.23 Å². The molecule has 0 amide bonds. The predicted molar refractivity (Wildman–Crippen MR) is 117 cm³/mol. The van der Waals surface area contributed by atoms with Crippen LogP contribution in [-0.2, 0) is 16.6 Å². The number of aryl methyl sites for hydroxylation is 1. The number of hydrogen-bond donors (Lipinski definition) is 0. The standard InChI is InChI=1S/C25H32OP/c1-6-7-14-26-20(5)27-15-13-24-22(16-21-10-8-9-18(3)23(21)24)17(2)11-12-25(24,27)19(27)4/h6-10,19,22H,2,5,11-16H2,1,3-4H3/q+1/b7-6+/t19?,22-,24+,25?,27?/m0/s1. The van der Waals surface area contributed by atoms with E-state index in [-0.39, 0.29) is 0 Å². The molecule has 27 heavy (non-hydrogen) atoms. The van der Waals surface area contributed by atoms with Crippen LogP contribution in [0.2, 0.25) is 0 Å². The Hall–Kier alpha value is -1.33. The van der Waals surface area contributed by atoms with Gasteiger partial charge in [-0.25, -0.2) is 0 Å². The molecule has 2 heterocycles. The third-order valence-electron chi connectivity index (χ3n) is 8.80. The zero-order chi connectivity index (χ0) is 19.0. The van der Waals surface area contributed by atoms with Crippen LogP contribution < -0.4 is 0 Å². The molecule has 2 aliphatic carbocycles. The third-order valence-corrected chi connectivity index (χ3v) is 14.7. The summed E-state index contributed by atoms with van der Waals surface area (Å²) in [7, 11) is -1.30. The number of allylic oxidation sites excluding steroid dienone is 2. The predicted octanol–water partition coefficient (Wildman–Crippen LogP) is 6.38. The molecule has 5 rings (SSSR count). The van der Waals surface area contributed by atoms with Gasteiger partial charge in [0.05, 0.1) is 6.16 Å². The van der Waals surface area contributed by atoms with E-state index in [0.29, 0.717) is 23.1 Å². The first kappa shape index (κ1) is 17.7. The molecular weight excluding hydrogens is 347 g/mol. The number of ether oxygens (including phenoxy) is 1. The SMILES string of the molecule is C=C1CCC23C(C)[P+]2(C(=C)OC/C=C/C)CC[C@@]32c3c(C)cccc3C[C@@H]12. The highest BCUT2D eigenvalue weighted by molar-refractivity contribution is 7.89. The van der Waals surface area contributed by atoms with E-state index >= 15 is 0 Å². The van der Waals surface area contributed by atoms with Crippen LogP contribution in [0, 0.1) is 12.8 Å². The highest BCUT2D eigenvalue weighted by Crippen LogP contribution is 3.04. The molecule has 1 saturated carbocycles. The maximum Gasteiger partial charge on any atom is 0.234 e. The first-order chi connectivity index (χ1) is 13.0. The maximum absolute atomic E-state index is 6.26. The van der Waals surface area contributed by atoms with E-state index in [4.69, 9.17) is 4.74 Å². The van der Waals surface area contributed by atoms with Crippen LogP contribution in [-0.4, -0.2) is 23.6 Å². The summed E-state index contributed by atoms with van der Waals surface area (Å²) in [6.07, 6.45) is 10.5. The van der Waals surface area contributed by atoms with E-state index in [1.807, 2.05) is 0 Å². The Morgan fingerprint density at radius 2 is 2.19 bits per heavy atom. The van der Waals surface area contributed by atoms with Gasteiger partial charge in [-0.05, 0) is 75.6 Å². The fraction of sp³-hybridized carbons (Fsp3) is 0.520. The summed E-state index contributed by atoms with van der Waals surface area (Å²) >= 11 is 0. The normalized spacial score (nSPS) is 41.1. The van der Waals surface area contributed by atoms with Crippen LogP contribution in [0.15, 0.2) is 54.6 Å². The first-order valence-electron chi connectivity index (χ1n) is 10.6. The number of fused-ring (bicyclic) bond motifs is 1. The Morgan fingerprint density at radius 3 is 2.96 bits per heavy atom. The summed E-state index contributed by atoms with van der Waals surface area (Å²) in [5.41, 5.74) is 8.55. The highest BCUT2D eigenvalue weighted by atomic mass is 31.2. The van der Waals surface area contributed by atoms with E-state index in [1.165, 1.54) is 48.5 Å². The quantitative estimate of drug-likeness (QED) is 0.335. The summed E-state index contributed by atoms with van der Waals surface area (Å²) < 4.78 is 6.26. The molecule has 2 spiro atoms. The highest BCUT2D eigenvalue weighted by Gasteiger charge is 2.96. The Bertz CT molecular complexity index is 882. The summed E-state index contributed by atoms with van der Waals surface area (Å²) in [5, 5.41) is 0.427. The molecule has 2 saturated heterocycles. The van der Waals surface area contributed by atoms with Crippen molar-refractivity contribution >= 4 is 7.26 Å². The van der Waals surface area contributed by atoms with Crippen molar-refractivity contribution in [2.45, 2.75) is 62.7 Å². The molecule has 5 atom stereocenters. The molecule has 2 aliphatic heterocycles. The van der Waals surface area contributed by atoms with E-state index in [1.54, 1.807) is 11.1 Å². The fourth-order valence-electron chi connectivity index (χ4n) is 7.90. The van der Waals surface area contributed by atoms with Crippen LogP contribution >= 0.6 is 7.26 Å². The average molecular weight is 380 g/mol. The lowest BCUT2D eigenvalue weighted by atomic mass is 9.56. The molecule has 2 heteroatoms. The number of benzene rings is 1. The fourth-order valence-corrected chi connectivity index (χ4v) is 14.7. The van der Waals surface area contributed by atoms with Crippen molar-refractivity contribution in [2.75, 3.05) is 12.8 Å². The second-order valence-electron chi connectivity index (χ2n) is 9.21. The minimum Gasteiger partial charge on any atom is -0.462 e. The van der Waals surface area contributed by atoms with Gasteiger partial charge in [0, 0.05) is 5.41 Å². The molecule has 1 aromatic rings. The van der Waals surface area contributed by atoms with Crippen molar-refractivity contribution in [3.8, 4) is 0 Å². The minimum atomic E-state index is -1.30. The van der Waals surface area contributed by atoms with E-state index in [2.05, 4.69) is 64.3 Å². The third kappa shape index (κ3) is 1.77. The molecule has 4 aliphatic rings. The molecule has 3 unspecified atom stereocenters. The van der Waals surface area contributed by atoms with Crippen molar-refractivity contribution in [1.29, 1.82) is 0 Å². The van der Waals surface area contributed by atoms with Gasteiger partial charge < -0.3 is 4.74 Å². The first-order valence-corrected chi connectivity index (χ1v) is 12.6. The van der Waals surface area contributed by atoms with Crippen LogP contribution in [0.25, 0.3) is 0 Å². The van der Waals surface area contributed by atoms with Gasteiger partial charge in [0.1, 0.15) is 24.7 Å². The van der Waals surface area contributed by atoms with Gasteiger partial charge in [-0.15, -0.1) is 0 Å². The van der Waals surface area contributed by atoms with Crippen molar-refractivity contribution in [2.24, 2.45) is 5.92 Å². The van der Waals surface area contributed by atoms with Gasteiger partial charge in [-0.2, -0.15) is 0 Å². The second-order valence-corrected chi connectivity index (χ2v) is 13.5. The molecular formula is C25H32OP+. The van der Waals surface area contributed by atoms with E-state index in [9.17, 15) is 0 Å². The molecule has 0 bridgehead atoms. The monoisotopic (exact) mass is 379 g/mol. The lowest BCUT2D eigenvalue weighted by Gasteiger charge is -2.44. The minimum absolute atomic E-state index is 0.309. The van der Waals surface area contributed by atoms with Crippen LogP contribution in [0.3, 0.4) is 0 Å². The van der Waals surface area contributed by atoms with Gasteiger partial charge >= 0.3 is 0 Å². The maximum atomic E-state index is 6.26. The smallest absolute Gasteiger partial charge is 0.234 e.